The maximum Gasteiger partial charge on any atom is 0.347 e. The van der Waals surface area contributed by atoms with Gasteiger partial charge in [-0.3, -0.25) is 19.0 Å². The number of hydrogen-bond acceptors (Lipinski definition) is 9. The summed E-state index contributed by atoms with van der Waals surface area (Å²) < 4.78 is 24.4. The van der Waals surface area contributed by atoms with Crippen molar-refractivity contribution in [3.63, 3.8) is 0 Å². The van der Waals surface area contributed by atoms with Crippen molar-refractivity contribution in [2.24, 2.45) is 0 Å². The van der Waals surface area contributed by atoms with E-state index in [0.29, 0.717) is 22.9 Å². The van der Waals surface area contributed by atoms with Gasteiger partial charge in [0.2, 0.25) is 5.91 Å². The number of ether oxygens (including phenoxy) is 4. The Morgan fingerprint density at radius 1 is 1.02 bits per heavy atom. The van der Waals surface area contributed by atoms with E-state index in [2.05, 4.69) is 15.6 Å². The lowest BCUT2D eigenvalue weighted by atomic mass is 10.1. The monoisotopic (exact) mass is 605 g/mol. The molecule has 2 atom stereocenters. The van der Waals surface area contributed by atoms with Crippen molar-refractivity contribution < 1.29 is 33.3 Å². The van der Waals surface area contributed by atoms with Crippen LogP contribution in [0.3, 0.4) is 0 Å². The van der Waals surface area contributed by atoms with Gasteiger partial charge in [0.1, 0.15) is 29.1 Å². The van der Waals surface area contributed by atoms with Crippen LogP contribution >= 0.6 is 0 Å². The Bertz CT molecular complexity index is 1640. The Morgan fingerprint density at radius 3 is 2.59 bits per heavy atom. The fraction of sp³-hybridized carbons (Fsp3) is 0.387. The molecule has 0 unspecified atom stereocenters. The SMILES string of the molecule is COc1cc2cc(c1)C(=O)N[C@H]1CN(C(=O)CCn3c(C)cc(C)nc3=O)C[C@@H]1Oc1ccc(c(OC)c1)CNC(=O)CO2. The smallest absolute Gasteiger partial charge is 0.347 e. The normalized spacial score (nSPS) is 18.3. The fourth-order valence-corrected chi connectivity index (χ4v) is 5.32. The molecule has 232 valence electrons. The van der Waals surface area contributed by atoms with Gasteiger partial charge in [-0.15, -0.1) is 0 Å². The second-order valence-corrected chi connectivity index (χ2v) is 10.7. The lowest BCUT2D eigenvalue weighted by Gasteiger charge is -2.22. The summed E-state index contributed by atoms with van der Waals surface area (Å²) in [5.41, 5.74) is 1.92. The third-order valence-corrected chi connectivity index (χ3v) is 7.60. The van der Waals surface area contributed by atoms with Crippen LogP contribution in [0.25, 0.3) is 0 Å². The van der Waals surface area contributed by atoms with Gasteiger partial charge in [-0.05, 0) is 44.2 Å². The first-order chi connectivity index (χ1) is 21.1. The molecule has 0 radical (unpaired) electrons. The van der Waals surface area contributed by atoms with Crippen LogP contribution in [0.4, 0.5) is 0 Å². The number of amides is 3. The van der Waals surface area contributed by atoms with Gasteiger partial charge in [-0.25, -0.2) is 4.79 Å². The average Bonchev–Trinajstić information content (AvgIpc) is 3.39. The summed E-state index contributed by atoms with van der Waals surface area (Å²) in [5, 5.41) is 5.80. The van der Waals surface area contributed by atoms with E-state index in [-0.39, 0.29) is 62.3 Å². The first kappa shape index (κ1) is 30.4. The molecule has 4 heterocycles. The zero-order valence-corrected chi connectivity index (χ0v) is 25.0. The van der Waals surface area contributed by atoms with Crippen molar-refractivity contribution in [1.82, 2.24) is 25.1 Å². The van der Waals surface area contributed by atoms with E-state index in [1.165, 1.54) is 24.9 Å². The highest BCUT2D eigenvalue weighted by atomic mass is 16.5. The molecule has 3 aliphatic heterocycles. The standard InChI is InChI=1S/C31H35N5O8/c1-18-9-19(2)36(31(40)33-18)8-7-29(38)35-15-25-27(16-35)44-22-6-5-20(26(13-22)42-4)14-32-28(37)17-43-24-11-21(30(39)34-25)10-23(12-24)41-3/h5-6,9-13,25,27H,7-8,14-17H2,1-4H3,(H,32,37)(H,34,39)/t25-,27-/m0/s1. The first-order valence-electron chi connectivity index (χ1n) is 14.2. The lowest BCUT2D eigenvalue weighted by Crippen LogP contribution is -2.45. The van der Waals surface area contributed by atoms with E-state index in [0.717, 1.165) is 11.3 Å². The number of rotatable bonds is 5. The number of hydrogen-bond donors (Lipinski definition) is 2. The molecule has 1 aromatic heterocycles. The van der Waals surface area contributed by atoms with Crippen molar-refractivity contribution >= 4 is 17.7 Å². The van der Waals surface area contributed by atoms with Crippen molar-refractivity contribution in [1.29, 1.82) is 0 Å². The molecule has 0 spiro atoms. The van der Waals surface area contributed by atoms with Crippen LogP contribution in [0, 0.1) is 13.8 Å². The molecule has 3 aliphatic rings. The largest absolute Gasteiger partial charge is 0.497 e. The Balaban J connectivity index is 1.41. The number of aromatic nitrogens is 2. The zero-order valence-electron chi connectivity index (χ0n) is 25.0. The number of fused-ring (bicyclic) bond motifs is 7. The lowest BCUT2D eigenvalue weighted by molar-refractivity contribution is -0.130. The van der Waals surface area contributed by atoms with Crippen LogP contribution in [0.15, 0.2) is 47.3 Å². The van der Waals surface area contributed by atoms with Crippen LogP contribution in [-0.4, -0.2) is 78.2 Å². The molecule has 1 fully saturated rings. The van der Waals surface area contributed by atoms with Crippen LogP contribution in [-0.2, 0) is 22.7 Å². The van der Waals surface area contributed by atoms with Crippen LogP contribution in [0.1, 0.15) is 33.7 Å². The summed E-state index contributed by atoms with van der Waals surface area (Å²) in [6, 6.07) is 11.1. The van der Waals surface area contributed by atoms with E-state index in [1.807, 2.05) is 0 Å². The van der Waals surface area contributed by atoms with E-state index >= 15 is 0 Å². The Hall–Kier alpha value is -5.07. The molecule has 2 aromatic carbocycles. The maximum atomic E-state index is 13.5. The Morgan fingerprint density at radius 2 is 1.84 bits per heavy atom. The van der Waals surface area contributed by atoms with Crippen molar-refractivity contribution in [3.8, 4) is 23.0 Å². The third-order valence-electron chi connectivity index (χ3n) is 7.60. The summed E-state index contributed by atoms with van der Waals surface area (Å²) >= 11 is 0. The van der Waals surface area contributed by atoms with Gasteiger partial charge in [-0.1, -0.05) is 0 Å². The molecule has 4 bridgehead atoms. The van der Waals surface area contributed by atoms with Gasteiger partial charge in [0.05, 0.1) is 26.8 Å². The zero-order chi connectivity index (χ0) is 31.4. The number of aryl methyl sites for hydroxylation is 2. The highest BCUT2D eigenvalue weighted by molar-refractivity contribution is 5.95. The summed E-state index contributed by atoms with van der Waals surface area (Å²) in [7, 11) is 2.99. The van der Waals surface area contributed by atoms with Gasteiger partial charge in [0.25, 0.3) is 11.8 Å². The third kappa shape index (κ3) is 6.93. The van der Waals surface area contributed by atoms with Gasteiger partial charge < -0.3 is 34.5 Å². The van der Waals surface area contributed by atoms with E-state index < -0.39 is 23.7 Å². The molecular formula is C31H35N5O8. The average molecular weight is 606 g/mol. The van der Waals surface area contributed by atoms with Crippen LogP contribution in [0.2, 0.25) is 0 Å². The molecule has 6 rings (SSSR count). The highest BCUT2D eigenvalue weighted by Gasteiger charge is 2.38. The van der Waals surface area contributed by atoms with Crippen molar-refractivity contribution in [3.05, 3.63) is 75.5 Å². The minimum Gasteiger partial charge on any atom is -0.497 e. The molecule has 2 N–H and O–H groups in total. The van der Waals surface area contributed by atoms with E-state index in [9.17, 15) is 19.2 Å². The second-order valence-electron chi connectivity index (χ2n) is 10.7. The number of likely N-dealkylation sites (tertiary alicyclic amines) is 1. The Labute approximate surface area is 254 Å². The van der Waals surface area contributed by atoms with Crippen LogP contribution in [0.5, 0.6) is 23.0 Å². The van der Waals surface area contributed by atoms with Gasteiger partial charge in [0.15, 0.2) is 6.61 Å². The van der Waals surface area contributed by atoms with Gasteiger partial charge >= 0.3 is 5.69 Å². The molecule has 13 nitrogen and oxygen atoms in total. The number of methoxy groups -OCH3 is 2. The molecule has 3 amide bonds. The maximum absolute atomic E-state index is 13.5. The molecule has 44 heavy (non-hydrogen) atoms. The predicted octanol–water partition coefficient (Wildman–Crippen LogP) is 1.36. The molecule has 0 aliphatic carbocycles. The number of nitrogens with one attached hydrogen (secondary N) is 2. The second kappa shape index (κ2) is 13.1. The van der Waals surface area contributed by atoms with E-state index in [1.54, 1.807) is 55.1 Å². The van der Waals surface area contributed by atoms with Crippen molar-refractivity contribution in [2.75, 3.05) is 33.9 Å². The Kier molecular flexibility index (Phi) is 9.02. The predicted molar refractivity (Wildman–Crippen MR) is 158 cm³/mol. The van der Waals surface area contributed by atoms with Gasteiger partial charge in [0, 0.05) is 60.7 Å². The van der Waals surface area contributed by atoms with Crippen molar-refractivity contribution in [2.45, 2.75) is 45.5 Å². The number of benzene rings is 2. The van der Waals surface area contributed by atoms with Gasteiger partial charge in [-0.2, -0.15) is 4.98 Å². The fourth-order valence-electron chi connectivity index (χ4n) is 5.32. The number of carbonyl (C=O) groups is 3. The molecule has 0 saturated carbocycles. The number of carbonyl (C=O) groups excluding carboxylic acids is 3. The summed E-state index contributed by atoms with van der Waals surface area (Å²) in [4.78, 5) is 57.3. The topological polar surface area (TPSA) is 150 Å². The summed E-state index contributed by atoms with van der Waals surface area (Å²) in [5.74, 6) is 0.649. The first-order valence-corrected chi connectivity index (χ1v) is 14.2. The molecule has 3 aromatic rings. The highest BCUT2D eigenvalue weighted by Crippen LogP contribution is 2.28. The molecular weight excluding hydrogens is 570 g/mol. The summed E-state index contributed by atoms with van der Waals surface area (Å²) in [6.45, 7) is 4.05. The molecule has 1 saturated heterocycles. The minimum atomic E-state index is -0.597. The van der Waals surface area contributed by atoms with E-state index in [4.69, 9.17) is 18.9 Å². The molecule has 13 heteroatoms. The quantitative estimate of drug-likeness (QED) is 0.440. The summed E-state index contributed by atoms with van der Waals surface area (Å²) in [6.07, 6.45) is -0.523. The number of nitrogens with zero attached hydrogens (tertiary/aromatic N) is 3. The van der Waals surface area contributed by atoms with Crippen LogP contribution < -0.4 is 35.3 Å². The minimum absolute atomic E-state index is 0.0731.